The molecule has 18 heavy (non-hydrogen) atoms. The van der Waals surface area contributed by atoms with Crippen molar-refractivity contribution in [2.45, 2.75) is 45.1 Å². The van der Waals surface area contributed by atoms with Crippen LogP contribution in [0.5, 0.6) is 5.75 Å². The van der Waals surface area contributed by atoms with Crippen LogP contribution in [0.3, 0.4) is 0 Å². The Morgan fingerprint density at radius 3 is 2.78 bits per heavy atom. The second kappa shape index (κ2) is 6.07. The van der Waals surface area contributed by atoms with E-state index in [1.165, 1.54) is 45.3 Å². The SMILES string of the molecule is COc1ccc(NC2CCCC(C)CC2)cc1F. The van der Waals surface area contributed by atoms with Crippen LogP contribution < -0.4 is 10.1 Å². The van der Waals surface area contributed by atoms with Crippen LogP contribution in [0.2, 0.25) is 0 Å². The molecule has 1 aliphatic rings. The minimum atomic E-state index is -0.301. The van der Waals surface area contributed by atoms with E-state index in [-0.39, 0.29) is 5.82 Å². The molecule has 0 spiro atoms. The smallest absolute Gasteiger partial charge is 0.167 e. The molecular formula is C15H22FNO. The molecule has 1 aromatic carbocycles. The summed E-state index contributed by atoms with van der Waals surface area (Å²) < 4.78 is 18.5. The first-order valence-corrected chi connectivity index (χ1v) is 6.79. The number of nitrogens with one attached hydrogen (secondary N) is 1. The van der Waals surface area contributed by atoms with Crippen LogP contribution in [0.25, 0.3) is 0 Å². The predicted molar refractivity (Wildman–Crippen MR) is 72.6 cm³/mol. The Bertz CT molecular complexity index is 394. The lowest BCUT2D eigenvalue weighted by Crippen LogP contribution is -2.18. The largest absolute Gasteiger partial charge is 0.494 e. The van der Waals surface area contributed by atoms with Crippen molar-refractivity contribution < 1.29 is 9.13 Å². The lowest BCUT2D eigenvalue weighted by atomic mass is 10.0. The van der Waals surface area contributed by atoms with Gasteiger partial charge in [-0.3, -0.25) is 0 Å². The molecule has 0 amide bonds. The molecule has 100 valence electrons. The Hall–Kier alpha value is -1.25. The Morgan fingerprint density at radius 2 is 2.06 bits per heavy atom. The molecule has 3 heteroatoms. The van der Waals surface area contributed by atoms with Gasteiger partial charge in [0.05, 0.1) is 7.11 Å². The van der Waals surface area contributed by atoms with Gasteiger partial charge in [0.1, 0.15) is 0 Å². The van der Waals surface area contributed by atoms with Crippen LogP contribution in [0, 0.1) is 11.7 Å². The zero-order valence-electron chi connectivity index (χ0n) is 11.2. The summed E-state index contributed by atoms with van der Waals surface area (Å²) in [6.45, 7) is 2.31. The Kier molecular flexibility index (Phi) is 4.45. The van der Waals surface area contributed by atoms with Crippen molar-refractivity contribution >= 4 is 5.69 Å². The predicted octanol–water partition coefficient (Wildman–Crippen LogP) is 4.22. The normalized spacial score (nSPS) is 24.4. The van der Waals surface area contributed by atoms with Gasteiger partial charge >= 0.3 is 0 Å². The van der Waals surface area contributed by atoms with Crippen molar-refractivity contribution in [1.82, 2.24) is 0 Å². The third kappa shape index (κ3) is 3.37. The Balaban J connectivity index is 1.98. The summed E-state index contributed by atoms with van der Waals surface area (Å²) >= 11 is 0. The highest BCUT2D eigenvalue weighted by Crippen LogP contribution is 2.26. The number of ether oxygens (including phenoxy) is 1. The number of hydrogen-bond acceptors (Lipinski definition) is 2. The molecule has 1 aromatic rings. The minimum Gasteiger partial charge on any atom is -0.494 e. The molecule has 0 aromatic heterocycles. The van der Waals surface area contributed by atoms with E-state index in [9.17, 15) is 4.39 Å². The number of rotatable bonds is 3. The fraction of sp³-hybridized carbons (Fsp3) is 0.600. The number of halogens is 1. The van der Waals surface area contributed by atoms with Crippen LogP contribution in [-0.2, 0) is 0 Å². The number of anilines is 1. The van der Waals surface area contributed by atoms with Crippen molar-refractivity contribution in [2.24, 2.45) is 5.92 Å². The fourth-order valence-corrected chi connectivity index (χ4v) is 2.62. The summed E-state index contributed by atoms with van der Waals surface area (Å²) in [5.41, 5.74) is 0.854. The van der Waals surface area contributed by atoms with Gasteiger partial charge in [-0.15, -0.1) is 0 Å². The first kappa shape index (κ1) is 13.2. The minimum absolute atomic E-state index is 0.301. The van der Waals surface area contributed by atoms with Crippen molar-refractivity contribution in [3.05, 3.63) is 24.0 Å². The monoisotopic (exact) mass is 251 g/mol. The zero-order valence-corrected chi connectivity index (χ0v) is 11.2. The highest BCUT2D eigenvalue weighted by atomic mass is 19.1. The van der Waals surface area contributed by atoms with E-state index in [4.69, 9.17) is 4.74 Å². The number of hydrogen-bond donors (Lipinski definition) is 1. The van der Waals surface area contributed by atoms with E-state index in [1.54, 1.807) is 6.07 Å². The maximum absolute atomic E-state index is 13.6. The average molecular weight is 251 g/mol. The van der Waals surface area contributed by atoms with Gasteiger partial charge < -0.3 is 10.1 Å². The number of methoxy groups -OCH3 is 1. The van der Waals surface area contributed by atoms with E-state index >= 15 is 0 Å². The fourth-order valence-electron chi connectivity index (χ4n) is 2.62. The zero-order chi connectivity index (χ0) is 13.0. The molecule has 1 aliphatic carbocycles. The average Bonchev–Trinajstić information content (AvgIpc) is 2.55. The van der Waals surface area contributed by atoms with E-state index in [2.05, 4.69) is 12.2 Å². The Labute approximate surface area is 109 Å². The van der Waals surface area contributed by atoms with Crippen LogP contribution in [0.15, 0.2) is 18.2 Å². The summed E-state index contributed by atoms with van der Waals surface area (Å²) in [5.74, 6) is 0.823. The molecule has 2 rings (SSSR count). The molecular weight excluding hydrogens is 229 g/mol. The quantitative estimate of drug-likeness (QED) is 0.812. The van der Waals surface area contributed by atoms with Crippen molar-refractivity contribution in [3.63, 3.8) is 0 Å². The lowest BCUT2D eigenvalue weighted by molar-refractivity contribution is 0.386. The van der Waals surface area contributed by atoms with Gasteiger partial charge in [-0.1, -0.05) is 19.8 Å². The summed E-state index contributed by atoms with van der Waals surface area (Å²) in [6.07, 6.45) is 6.19. The Morgan fingerprint density at radius 1 is 1.22 bits per heavy atom. The van der Waals surface area contributed by atoms with E-state index in [0.717, 1.165) is 11.6 Å². The third-order valence-electron chi connectivity index (χ3n) is 3.78. The topological polar surface area (TPSA) is 21.3 Å². The molecule has 2 unspecified atom stereocenters. The summed E-state index contributed by atoms with van der Waals surface area (Å²) in [6, 6.07) is 5.56. The van der Waals surface area contributed by atoms with Gasteiger partial charge in [0.2, 0.25) is 0 Å². The highest BCUT2D eigenvalue weighted by molar-refractivity contribution is 5.48. The van der Waals surface area contributed by atoms with Crippen molar-refractivity contribution in [1.29, 1.82) is 0 Å². The van der Waals surface area contributed by atoms with E-state index < -0.39 is 0 Å². The van der Waals surface area contributed by atoms with Crippen molar-refractivity contribution in [2.75, 3.05) is 12.4 Å². The molecule has 1 saturated carbocycles. The first-order valence-electron chi connectivity index (χ1n) is 6.79. The van der Waals surface area contributed by atoms with Crippen molar-refractivity contribution in [3.8, 4) is 5.75 Å². The van der Waals surface area contributed by atoms with E-state index in [1.807, 2.05) is 6.07 Å². The third-order valence-corrected chi connectivity index (χ3v) is 3.78. The van der Waals surface area contributed by atoms with Crippen LogP contribution in [0.1, 0.15) is 39.0 Å². The summed E-state index contributed by atoms with van der Waals surface area (Å²) in [7, 11) is 1.48. The first-order chi connectivity index (χ1) is 8.69. The molecule has 1 N–H and O–H groups in total. The maximum atomic E-state index is 13.6. The molecule has 2 nitrogen and oxygen atoms in total. The summed E-state index contributed by atoms with van der Waals surface area (Å²) in [4.78, 5) is 0. The molecule has 0 bridgehead atoms. The van der Waals surface area contributed by atoms with Crippen LogP contribution in [0.4, 0.5) is 10.1 Å². The number of benzene rings is 1. The molecule has 0 aliphatic heterocycles. The van der Waals surface area contributed by atoms with Gasteiger partial charge in [-0.2, -0.15) is 0 Å². The molecule has 0 radical (unpaired) electrons. The highest BCUT2D eigenvalue weighted by Gasteiger charge is 2.16. The molecule has 0 saturated heterocycles. The molecule has 1 fully saturated rings. The lowest BCUT2D eigenvalue weighted by Gasteiger charge is -2.18. The van der Waals surface area contributed by atoms with Crippen LogP contribution >= 0.6 is 0 Å². The van der Waals surface area contributed by atoms with Gasteiger partial charge in [-0.05, 0) is 37.3 Å². The second-order valence-corrected chi connectivity index (χ2v) is 5.30. The molecule has 2 atom stereocenters. The van der Waals surface area contributed by atoms with Gasteiger partial charge in [0.15, 0.2) is 11.6 Å². The van der Waals surface area contributed by atoms with Gasteiger partial charge in [-0.25, -0.2) is 4.39 Å². The molecule has 0 heterocycles. The van der Waals surface area contributed by atoms with Gasteiger partial charge in [0.25, 0.3) is 0 Å². The second-order valence-electron chi connectivity index (χ2n) is 5.30. The maximum Gasteiger partial charge on any atom is 0.167 e. The standard InChI is InChI=1S/C15H22FNO/c1-11-4-3-5-12(7-6-11)17-13-8-9-15(18-2)14(16)10-13/h8-12,17H,3-7H2,1-2H3. The van der Waals surface area contributed by atoms with Crippen LogP contribution in [-0.4, -0.2) is 13.2 Å². The summed E-state index contributed by atoms with van der Waals surface area (Å²) in [5, 5.41) is 3.44. The van der Waals surface area contributed by atoms with Gasteiger partial charge in [0, 0.05) is 17.8 Å². The van der Waals surface area contributed by atoms with E-state index in [0.29, 0.717) is 11.8 Å².